The highest BCUT2D eigenvalue weighted by atomic mass is 16.3. The summed E-state index contributed by atoms with van der Waals surface area (Å²) in [6.07, 6.45) is 0.193. The highest BCUT2D eigenvalue weighted by Crippen LogP contribution is 2.15. The number of carbonyl (C=O) groups excluding carboxylic acids is 1. The second-order valence-corrected chi connectivity index (χ2v) is 6.70. The first-order valence-corrected chi connectivity index (χ1v) is 8.90. The van der Waals surface area contributed by atoms with Crippen molar-refractivity contribution in [2.75, 3.05) is 57.3 Å². The third kappa shape index (κ3) is 4.69. The number of para-hydroxylation sites is 1. The van der Waals surface area contributed by atoms with E-state index in [1.807, 2.05) is 6.07 Å². The lowest BCUT2D eigenvalue weighted by atomic mass is 10.1. The van der Waals surface area contributed by atoms with Crippen molar-refractivity contribution >= 4 is 11.6 Å². The molecule has 6 heteroatoms. The minimum Gasteiger partial charge on any atom is -0.391 e. The highest BCUT2D eigenvalue weighted by Gasteiger charge is 2.25. The lowest BCUT2D eigenvalue weighted by Gasteiger charge is -2.36. The number of β-amino-alcohol motifs (C(OH)–C–C–N with tert-alkyl or cyclic N) is 1. The van der Waals surface area contributed by atoms with Crippen LogP contribution < -0.4 is 15.5 Å². The molecule has 2 saturated heterocycles. The van der Waals surface area contributed by atoms with Gasteiger partial charge in [-0.25, -0.2) is 0 Å². The maximum absolute atomic E-state index is 12.0. The van der Waals surface area contributed by atoms with E-state index in [1.165, 1.54) is 5.69 Å². The molecule has 0 saturated carbocycles. The Balaban J connectivity index is 1.32. The fourth-order valence-electron chi connectivity index (χ4n) is 3.39. The van der Waals surface area contributed by atoms with E-state index in [4.69, 9.17) is 0 Å². The average molecular weight is 332 g/mol. The summed E-state index contributed by atoms with van der Waals surface area (Å²) >= 11 is 0. The Bertz CT molecular complexity index is 517. The molecule has 0 bridgehead atoms. The third-order valence-corrected chi connectivity index (χ3v) is 5.01. The molecule has 0 aliphatic carbocycles. The Kier molecular flexibility index (Phi) is 6.07. The quantitative estimate of drug-likeness (QED) is 0.679. The van der Waals surface area contributed by atoms with E-state index >= 15 is 0 Å². The van der Waals surface area contributed by atoms with Crippen molar-refractivity contribution < 1.29 is 9.90 Å². The van der Waals surface area contributed by atoms with Crippen molar-refractivity contribution in [2.24, 2.45) is 5.92 Å². The molecule has 1 aromatic carbocycles. The fraction of sp³-hybridized carbons (Fsp3) is 0.611. The van der Waals surface area contributed by atoms with Gasteiger partial charge in [-0.15, -0.1) is 0 Å². The second kappa shape index (κ2) is 8.46. The van der Waals surface area contributed by atoms with E-state index in [0.717, 1.165) is 39.3 Å². The van der Waals surface area contributed by atoms with Gasteiger partial charge < -0.3 is 20.6 Å². The summed E-state index contributed by atoms with van der Waals surface area (Å²) in [5.41, 5.74) is 1.28. The standard InChI is InChI=1S/C18H28N4O2/c23-17-14-19-12-15(17)13-20-18(24)6-7-21-8-10-22(11-9-21)16-4-2-1-3-5-16/h1-5,15,17,19,23H,6-14H2,(H,20,24). The number of carbonyl (C=O) groups is 1. The normalized spacial score (nSPS) is 25.0. The van der Waals surface area contributed by atoms with Gasteiger partial charge in [0.2, 0.25) is 5.91 Å². The number of amides is 1. The average Bonchev–Trinajstić information content (AvgIpc) is 3.04. The zero-order valence-electron chi connectivity index (χ0n) is 14.2. The number of anilines is 1. The molecule has 2 fully saturated rings. The summed E-state index contributed by atoms with van der Waals surface area (Å²) in [5, 5.41) is 15.8. The zero-order chi connectivity index (χ0) is 16.8. The van der Waals surface area contributed by atoms with Gasteiger partial charge in [-0.05, 0) is 12.1 Å². The maximum Gasteiger partial charge on any atom is 0.221 e. The van der Waals surface area contributed by atoms with E-state index < -0.39 is 0 Å². The minimum absolute atomic E-state index is 0.0830. The zero-order valence-corrected chi connectivity index (χ0v) is 14.2. The second-order valence-electron chi connectivity index (χ2n) is 6.70. The van der Waals surface area contributed by atoms with Crippen molar-refractivity contribution in [3.63, 3.8) is 0 Å². The predicted molar refractivity (Wildman–Crippen MR) is 95.1 cm³/mol. The van der Waals surface area contributed by atoms with Gasteiger partial charge in [-0.2, -0.15) is 0 Å². The molecule has 1 amide bonds. The van der Waals surface area contributed by atoms with E-state index in [-0.39, 0.29) is 17.9 Å². The van der Waals surface area contributed by atoms with Gasteiger partial charge in [-0.1, -0.05) is 18.2 Å². The predicted octanol–water partition coefficient (Wildman–Crippen LogP) is -0.105. The molecule has 2 atom stereocenters. The van der Waals surface area contributed by atoms with Gasteiger partial charge in [0.1, 0.15) is 0 Å². The number of piperazine rings is 1. The van der Waals surface area contributed by atoms with Gasteiger partial charge in [0, 0.05) is 70.4 Å². The summed E-state index contributed by atoms with van der Waals surface area (Å²) in [7, 11) is 0. The molecular formula is C18H28N4O2. The number of hydrogen-bond acceptors (Lipinski definition) is 5. The van der Waals surface area contributed by atoms with Crippen molar-refractivity contribution in [3.05, 3.63) is 30.3 Å². The monoisotopic (exact) mass is 332 g/mol. The fourth-order valence-corrected chi connectivity index (χ4v) is 3.39. The molecule has 3 N–H and O–H groups in total. The van der Waals surface area contributed by atoms with Crippen LogP contribution in [0.3, 0.4) is 0 Å². The Hall–Kier alpha value is -1.63. The van der Waals surface area contributed by atoms with Crippen LogP contribution in [0.4, 0.5) is 5.69 Å². The summed E-state index contributed by atoms with van der Waals surface area (Å²) in [6.45, 7) is 6.78. The van der Waals surface area contributed by atoms with Crippen LogP contribution in [-0.2, 0) is 4.79 Å². The number of aliphatic hydroxyl groups is 1. The Labute approximate surface area is 143 Å². The highest BCUT2D eigenvalue weighted by molar-refractivity contribution is 5.76. The molecule has 132 valence electrons. The first-order chi connectivity index (χ1) is 11.7. The number of nitrogens with one attached hydrogen (secondary N) is 2. The minimum atomic E-state index is -0.337. The van der Waals surface area contributed by atoms with Crippen LogP contribution >= 0.6 is 0 Å². The number of rotatable bonds is 6. The molecule has 0 spiro atoms. The topological polar surface area (TPSA) is 67.8 Å². The van der Waals surface area contributed by atoms with Crippen molar-refractivity contribution in [3.8, 4) is 0 Å². The number of aliphatic hydroxyl groups excluding tert-OH is 1. The SMILES string of the molecule is O=C(CCN1CCN(c2ccccc2)CC1)NCC1CNCC1O. The molecule has 2 aliphatic heterocycles. The molecular weight excluding hydrogens is 304 g/mol. The summed E-state index contributed by atoms with van der Waals surface area (Å²) < 4.78 is 0. The Morgan fingerprint density at radius 3 is 2.58 bits per heavy atom. The van der Waals surface area contributed by atoms with Crippen LogP contribution in [-0.4, -0.2) is 74.4 Å². The van der Waals surface area contributed by atoms with Crippen LogP contribution in [0.25, 0.3) is 0 Å². The molecule has 3 rings (SSSR count). The summed E-state index contributed by atoms with van der Waals surface area (Å²) in [5.74, 6) is 0.225. The number of benzene rings is 1. The van der Waals surface area contributed by atoms with Crippen LogP contribution in [0.15, 0.2) is 30.3 Å². The van der Waals surface area contributed by atoms with Crippen molar-refractivity contribution in [1.82, 2.24) is 15.5 Å². The van der Waals surface area contributed by atoms with Crippen LogP contribution in [0, 0.1) is 5.92 Å². The summed E-state index contributed by atoms with van der Waals surface area (Å²) in [4.78, 5) is 16.7. The molecule has 2 unspecified atom stereocenters. The Morgan fingerprint density at radius 1 is 1.17 bits per heavy atom. The van der Waals surface area contributed by atoms with Crippen LogP contribution in [0.5, 0.6) is 0 Å². The lowest BCUT2D eigenvalue weighted by molar-refractivity contribution is -0.121. The maximum atomic E-state index is 12.0. The molecule has 24 heavy (non-hydrogen) atoms. The lowest BCUT2D eigenvalue weighted by Crippen LogP contribution is -2.47. The van der Waals surface area contributed by atoms with Gasteiger partial charge in [-0.3, -0.25) is 9.69 Å². The largest absolute Gasteiger partial charge is 0.391 e. The van der Waals surface area contributed by atoms with Crippen LogP contribution in [0.2, 0.25) is 0 Å². The molecule has 2 aliphatic rings. The van der Waals surface area contributed by atoms with Gasteiger partial charge in [0.25, 0.3) is 0 Å². The molecule has 1 aromatic rings. The third-order valence-electron chi connectivity index (χ3n) is 5.01. The van der Waals surface area contributed by atoms with Gasteiger partial charge in [0.15, 0.2) is 0 Å². The number of hydrogen-bond donors (Lipinski definition) is 3. The Morgan fingerprint density at radius 2 is 1.92 bits per heavy atom. The van der Waals surface area contributed by atoms with Gasteiger partial charge >= 0.3 is 0 Å². The first kappa shape index (κ1) is 17.2. The first-order valence-electron chi connectivity index (χ1n) is 8.90. The smallest absolute Gasteiger partial charge is 0.221 e. The van der Waals surface area contributed by atoms with Crippen molar-refractivity contribution in [1.29, 1.82) is 0 Å². The molecule has 0 radical (unpaired) electrons. The number of nitrogens with zero attached hydrogens (tertiary/aromatic N) is 2. The van der Waals surface area contributed by atoms with E-state index in [9.17, 15) is 9.90 Å². The molecule has 2 heterocycles. The van der Waals surface area contributed by atoms with Crippen molar-refractivity contribution in [2.45, 2.75) is 12.5 Å². The van der Waals surface area contributed by atoms with Crippen LogP contribution in [0.1, 0.15) is 6.42 Å². The van der Waals surface area contributed by atoms with E-state index in [0.29, 0.717) is 19.5 Å². The van der Waals surface area contributed by atoms with E-state index in [1.54, 1.807) is 0 Å². The van der Waals surface area contributed by atoms with E-state index in [2.05, 4.69) is 44.7 Å². The summed E-state index contributed by atoms with van der Waals surface area (Å²) in [6, 6.07) is 10.5. The molecule has 0 aromatic heterocycles. The molecule has 6 nitrogen and oxygen atoms in total. The van der Waals surface area contributed by atoms with Gasteiger partial charge in [0.05, 0.1) is 6.10 Å².